The number of benzene rings is 1. The lowest BCUT2D eigenvalue weighted by molar-refractivity contribution is 0.0957. The fourth-order valence-corrected chi connectivity index (χ4v) is 2.74. The topological polar surface area (TPSA) is 29.1 Å². The predicted molar refractivity (Wildman–Crippen MR) is 74.9 cm³/mol. The van der Waals surface area contributed by atoms with Crippen LogP contribution >= 0.6 is 0 Å². The maximum absolute atomic E-state index is 12.4. The van der Waals surface area contributed by atoms with Crippen molar-refractivity contribution in [3.63, 3.8) is 0 Å². The Labute approximate surface area is 110 Å². The molecule has 2 nitrogen and oxygen atoms in total. The number of ketones is 1. The van der Waals surface area contributed by atoms with Crippen LogP contribution in [0.2, 0.25) is 0 Å². The molecule has 0 spiro atoms. The average Bonchev–Trinajstić information content (AvgIpc) is 2.43. The van der Waals surface area contributed by atoms with Gasteiger partial charge in [0.1, 0.15) is 0 Å². The second-order valence-corrected chi connectivity index (χ2v) is 5.18. The zero-order valence-corrected chi connectivity index (χ0v) is 11.5. The quantitative estimate of drug-likeness (QED) is 0.806. The van der Waals surface area contributed by atoms with Crippen LogP contribution in [-0.4, -0.2) is 12.3 Å². The minimum Gasteiger partial charge on any atom is -0.312 e. The van der Waals surface area contributed by atoms with Crippen molar-refractivity contribution in [1.82, 2.24) is 5.32 Å². The molecule has 18 heavy (non-hydrogen) atoms. The lowest BCUT2D eigenvalue weighted by atomic mass is 9.88. The van der Waals surface area contributed by atoms with E-state index in [0.717, 1.165) is 37.9 Å². The first-order chi connectivity index (χ1) is 8.76. The molecule has 0 radical (unpaired) electrons. The van der Waals surface area contributed by atoms with Crippen LogP contribution < -0.4 is 5.32 Å². The molecule has 2 rings (SSSR count). The monoisotopic (exact) mass is 245 g/mol. The summed E-state index contributed by atoms with van der Waals surface area (Å²) in [6.07, 6.45) is 3.88. The summed E-state index contributed by atoms with van der Waals surface area (Å²) in [6.45, 7) is 6.24. The van der Waals surface area contributed by atoms with Crippen molar-refractivity contribution >= 4 is 5.78 Å². The Kier molecular flexibility index (Phi) is 4.54. The third-order valence-corrected chi connectivity index (χ3v) is 4.07. The van der Waals surface area contributed by atoms with Gasteiger partial charge in [0.25, 0.3) is 0 Å². The number of rotatable bonds is 5. The largest absolute Gasteiger partial charge is 0.312 e. The van der Waals surface area contributed by atoms with E-state index >= 15 is 0 Å². The van der Waals surface area contributed by atoms with E-state index in [2.05, 4.69) is 25.2 Å². The third kappa shape index (κ3) is 2.81. The van der Waals surface area contributed by atoms with Crippen LogP contribution in [0, 0.1) is 5.92 Å². The summed E-state index contributed by atoms with van der Waals surface area (Å²) >= 11 is 0. The molecule has 0 saturated carbocycles. The van der Waals surface area contributed by atoms with Gasteiger partial charge < -0.3 is 5.32 Å². The highest BCUT2D eigenvalue weighted by Crippen LogP contribution is 2.23. The van der Waals surface area contributed by atoms with Crippen molar-refractivity contribution in [2.45, 2.75) is 46.1 Å². The van der Waals surface area contributed by atoms with Crippen LogP contribution in [0.3, 0.4) is 0 Å². The van der Waals surface area contributed by atoms with Crippen molar-refractivity contribution < 1.29 is 4.79 Å². The van der Waals surface area contributed by atoms with E-state index in [1.165, 1.54) is 11.1 Å². The highest BCUT2D eigenvalue weighted by molar-refractivity contribution is 5.98. The van der Waals surface area contributed by atoms with Crippen LogP contribution in [0.4, 0.5) is 0 Å². The van der Waals surface area contributed by atoms with E-state index in [-0.39, 0.29) is 0 Å². The highest BCUT2D eigenvalue weighted by atomic mass is 16.1. The summed E-state index contributed by atoms with van der Waals surface area (Å²) in [7, 11) is 0. The van der Waals surface area contributed by atoms with Gasteiger partial charge in [0.2, 0.25) is 0 Å². The van der Waals surface area contributed by atoms with Gasteiger partial charge in [-0.1, -0.05) is 44.9 Å². The van der Waals surface area contributed by atoms with E-state index < -0.39 is 0 Å². The van der Waals surface area contributed by atoms with E-state index in [9.17, 15) is 4.79 Å². The number of fused-ring (bicyclic) bond motifs is 1. The van der Waals surface area contributed by atoms with Crippen molar-refractivity contribution in [2.75, 3.05) is 6.54 Å². The lowest BCUT2D eigenvalue weighted by Crippen LogP contribution is -2.25. The average molecular weight is 245 g/mol. The van der Waals surface area contributed by atoms with Crippen LogP contribution in [0.25, 0.3) is 0 Å². The normalized spacial score (nSPS) is 14.6. The third-order valence-electron chi connectivity index (χ3n) is 4.07. The van der Waals surface area contributed by atoms with Gasteiger partial charge in [0.15, 0.2) is 5.78 Å². The van der Waals surface area contributed by atoms with Gasteiger partial charge in [0.05, 0.1) is 0 Å². The van der Waals surface area contributed by atoms with Gasteiger partial charge in [-0.05, 0) is 30.0 Å². The smallest absolute Gasteiger partial charge is 0.163 e. The standard InChI is InChI=1S/C16H23NO/c1-3-12(4-2)10-16(18)15-7-5-6-13-11-17-9-8-14(13)15/h5-7,12,17H,3-4,8-11H2,1-2H3. The Morgan fingerprint density at radius 1 is 1.33 bits per heavy atom. The number of carbonyl (C=O) groups is 1. The van der Waals surface area contributed by atoms with Crippen LogP contribution in [0.5, 0.6) is 0 Å². The van der Waals surface area contributed by atoms with Crippen molar-refractivity contribution in [2.24, 2.45) is 5.92 Å². The second-order valence-electron chi connectivity index (χ2n) is 5.18. The molecule has 0 amide bonds. The molecular formula is C16H23NO. The molecule has 98 valence electrons. The molecular weight excluding hydrogens is 222 g/mol. The molecule has 0 saturated heterocycles. The molecule has 0 bridgehead atoms. The highest BCUT2D eigenvalue weighted by Gasteiger charge is 2.19. The van der Waals surface area contributed by atoms with E-state index in [4.69, 9.17) is 0 Å². The number of nitrogens with one attached hydrogen (secondary N) is 1. The van der Waals surface area contributed by atoms with Gasteiger partial charge in [0, 0.05) is 18.5 Å². The summed E-state index contributed by atoms with van der Waals surface area (Å²) in [5.41, 5.74) is 3.56. The van der Waals surface area contributed by atoms with Gasteiger partial charge in [-0.15, -0.1) is 0 Å². The molecule has 0 aliphatic carbocycles. The Morgan fingerprint density at radius 3 is 2.83 bits per heavy atom. The number of hydrogen-bond acceptors (Lipinski definition) is 2. The summed E-state index contributed by atoms with van der Waals surface area (Å²) in [6, 6.07) is 6.16. The first kappa shape index (κ1) is 13.3. The molecule has 1 heterocycles. The van der Waals surface area contributed by atoms with E-state index in [1.54, 1.807) is 0 Å². The Balaban J connectivity index is 2.20. The predicted octanol–water partition coefficient (Wildman–Crippen LogP) is 3.34. The molecule has 1 aromatic rings. The fourth-order valence-electron chi connectivity index (χ4n) is 2.74. The first-order valence-electron chi connectivity index (χ1n) is 7.10. The molecule has 1 aromatic carbocycles. The zero-order valence-electron chi connectivity index (χ0n) is 11.5. The lowest BCUT2D eigenvalue weighted by Gasteiger charge is -2.20. The molecule has 0 fully saturated rings. The SMILES string of the molecule is CCC(CC)CC(=O)c1cccc2c1CCNC2. The number of hydrogen-bond donors (Lipinski definition) is 1. The molecule has 2 heteroatoms. The zero-order chi connectivity index (χ0) is 13.0. The molecule has 1 aliphatic heterocycles. The van der Waals surface area contributed by atoms with Crippen LogP contribution in [0.15, 0.2) is 18.2 Å². The van der Waals surface area contributed by atoms with E-state index in [0.29, 0.717) is 18.1 Å². The fraction of sp³-hybridized carbons (Fsp3) is 0.562. The van der Waals surface area contributed by atoms with E-state index in [1.807, 2.05) is 12.1 Å². The number of carbonyl (C=O) groups excluding carboxylic acids is 1. The summed E-state index contributed by atoms with van der Waals surface area (Å²) in [5.74, 6) is 0.873. The molecule has 0 unspecified atom stereocenters. The van der Waals surface area contributed by atoms with Crippen LogP contribution in [0.1, 0.15) is 54.6 Å². The maximum atomic E-state index is 12.4. The van der Waals surface area contributed by atoms with Gasteiger partial charge in [-0.25, -0.2) is 0 Å². The first-order valence-corrected chi connectivity index (χ1v) is 7.10. The van der Waals surface area contributed by atoms with Crippen molar-refractivity contribution in [3.8, 4) is 0 Å². The van der Waals surface area contributed by atoms with Gasteiger partial charge >= 0.3 is 0 Å². The van der Waals surface area contributed by atoms with Crippen molar-refractivity contribution in [3.05, 3.63) is 34.9 Å². The Morgan fingerprint density at radius 2 is 2.11 bits per heavy atom. The summed E-state index contributed by atoms with van der Waals surface area (Å²) in [4.78, 5) is 12.4. The Hall–Kier alpha value is -1.15. The second kappa shape index (κ2) is 6.14. The molecule has 0 atom stereocenters. The number of Topliss-reactive ketones (excluding diaryl/α,β-unsaturated/α-hetero) is 1. The van der Waals surface area contributed by atoms with Gasteiger partial charge in [-0.3, -0.25) is 4.79 Å². The molecule has 1 N–H and O–H groups in total. The minimum atomic E-state index is 0.336. The minimum absolute atomic E-state index is 0.336. The summed E-state index contributed by atoms with van der Waals surface area (Å²) in [5, 5.41) is 3.36. The molecule has 0 aromatic heterocycles. The van der Waals surface area contributed by atoms with Crippen molar-refractivity contribution in [1.29, 1.82) is 0 Å². The van der Waals surface area contributed by atoms with Gasteiger partial charge in [-0.2, -0.15) is 0 Å². The molecule has 1 aliphatic rings. The Bertz CT molecular complexity index is 421. The summed E-state index contributed by atoms with van der Waals surface area (Å²) < 4.78 is 0. The van der Waals surface area contributed by atoms with Crippen LogP contribution in [-0.2, 0) is 13.0 Å². The maximum Gasteiger partial charge on any atom is 0.163 e.